The second-order valence-electron chi connectivity index (χ2n) is 7.74. The van der Waals surface area contributed by atoms with Crippen LogP contribution in [0.5, 0.6) is 0 Å². The first-order valence-corrected chi connectivity index (χ1v) is 11.7. The minimum atomic E-state index is -1.02. The Balaban J connectivity index is 2.28. The van der Waals surface area contributed by atoms with Gasteiger partial charge in [0, 0.05) is 8.07 Å². The van der Waals surface area contributed by atoms with E-state index in [-0.39, 0.29) is 0 Å². The minimum Gasteiger partial charge on any atom is -0.0960 e. The molecule has 0 N–H and O–H groups in total. The molecule has 2 aliphatic heterocycles. The van der Waals surface area contributed by atoms with Crippen LogP contribution >= 0.6 is 0 Å². The Morgan fingerprint density at radius 1 is 1.06 bits per heavy atom. The van der Waals surface area contributed by atoms with Crippen molar-refractivity contribution in [2.45, 2.75) is 82.7 Å². The molecule has 0 radical (unpaired) electrons. The topological polar surface area (TPSA) is 0 Å². The highest BCUT2D eigenvalue weighted by Crippen LogP contribution is 2.51. The van der Waals surface area contributed by atoms with Gasteiger partial charge in [0.2, 0.25) is 0 Å². The summed E-state index contributed by atoms with van der Waals surface area (Å²) in [6.45, 7) is 11.1. The van der Waals surface area contributed by atoms with Gasteiger partial charge in [-0.1, -0.05) is 87.9 Å². The van der Waals surface area contributed by atoms with Gasteiger partial charge in [-0.05, 0) is 12.8 Å². The van der Waals surface area contributed by atoms with Gasteiger partial charge in [-0.2, -0.15) is 0 Å². The van der Waals surface area contributed by atoms with Crippen LogP contribution in [0.3, 0.4) is 0 Å². The van der Waals surface area contributed by atoms with Crippen LogP contribution in [-0.4, -0.2) is 14.8 Å². The first-order valence-electron chi connectivity index (χ1n) is 8.15. The largest absolute Gasteiger partial charge is 0.147 e. The number of rotatable bonds is 3. The Morgan fingerprint density at radius 3 is 2.17 bits per heavy atom. The van der Waals surface area contributed by atoms with Gasteiger partial charge in [0.25, 0.3) is 0 Å². The Kier molecular flexibility index (Phi) is 4.80. The monoisotopic (exact) mass is 262 g/mol. The highest BCUT2D eigenvalue weighted by Gasteiger charge is 2.46. The number of hydrogen-bond donors (Lipinski definition) is 0. The van der Waals surface area contributed by atoms with Crippen LogP contribution < -0.4 is 0 Å². The van der Waals surface area contributed by atoms with Crippen molar-refractivity contribution in [2.75, 3.05) is 0 Å². The molecule has 0 aliphatic carbocycles. The molecule has 2 bridgehead atoms. The lowest BCUT2D eigenvalue weighted by Gasteiger charge is -2.39. The zero-order valence-corrected chi connectivity index (χ0v) is 13.9. The van der Waals surface area contributed by atoms with Crippen molar-refractivity contribution in [3.63, 3.8) is 0 Å². The van der Waals surface area contributed by atoms with E-state index >= 15 is 0 Å². The summed E-state index contributed by atoms with van der Waals surface area (Å²) in [6, 6.07) is 0. The van der Waals surface area contributed by atoms with Gasteiger partial charge < -0.3 is 0 Å². The quantitative estimate of drug-likeness (QED) is 0.455. The second-order valence-corrected chi connectivity index (χ2v) is 13.1. The van der Waals surface area contributed by atoms with Crippen LogP contribution in [0.15, 0.2) is 12.2 Å². The molecular formula is C16H31BSi. The molecule has 0 amide bonds. The third-order valence-electron chi connectivity index (χ3n) is 5.52. The number of allylic oxidation sites excluding steroid dienone is 2. The molecule has 0 aromatic carbocycles. The Morgan fingerprint density at radius 2 is 1.67 bits per heavy atom. The summed E-state index contributed by atoms with van der Waals surface area (Å²) < 4.78 is 0. The molecule has 0 aromatic heterocycles. The van der Waals surface area contributed by atoms with E-state index in [9.17, 15) is 0 Å². The average Bonchev–Trinajstić information content (AvgIpc) is 2.52. The van der Waals surface area contributed by atoms with Crippen molar-refractivity contribution in [1.82, 2.24) is 0 Å². The standard InChI is InChI=1S/C16H31BSi/c1-5-6-13-17-15-11-7-9-14(10-8-12-15)16(17)18(2,3)4/h5-6,14-16H,7-13H2,1-4H3/b6-5-. The maximum Gasteiger partial charge on any atom is 0.147 e. The van der Waals surface area contributed by atoms with Crippen molar-refractivity contribution in [3.05, 3.63) is 12.2 Å². The van der Waals surface area contributed by atoms with E-state index in [0.29, 0.717) is 0 Å². The van der Waals surface area contributed by atoms with Gasteiger partial charge in [0.15, 0.2) is 0 Å². The lowest BCUT2D eigenvalue weighted by atomic mass is 9.35. The van der Waals surface area contributed by atoms with Crippen molar-refractivity contribution < 1.29 is 0 Å². The zero-order chi connectivity index (χ0) is 13.2. The fourth-order valence-electron chi connectivity index (χ4n) is 4.98. The van der Waals surface area contributed by atoms with E-state index in [1.165, 1.54) is 44.8 Å². The van der Waals surface area contributed by atoms with Crippen LogP contribution in [0.1, 0.15) is 45.4 Å². The van der Waals surface area contributed by atoms with E-state index in [1.807, 2.05) is 0 Å². The molecule has 2 fully saturated rings. The van der Waals surface area contributed by atoms with Crippen molar-refractivity contribution in [3.8, 4) is 0 Å². The predicted octanol–water partition coefficient (Wildman–Crippen LogP) is 5.66. The maximum absolute atomic E-state index is 2.63. The van der Waals surface area contributed by atoms with Crippen LogP contribution in [0.4, 0.5) is 0 Å². The van der Waals surface area contributed by atoms with E-state index < -0.39 is 8.07 Å². The fourth-order valence-corrected chi connectivity index (χ4v) is 8.43. The molecule has 0 saturated carbocycles. The molecule has 0 aromatic rings. The predicted molar refractivity (Wildman–Crippen MR) is 87.4 cm³/mol. The highest BCUT2D eigenvalue weighted by atomic mass is 28.3. The summed E-state index contributed by atoms with van der Waals surface area (Å²) in [5.41, 5.74) is 1.09. The normalized spacial score (nSPS) is 33.8. The molecule has 1 atom stereocenters. The summed E-state index contributed by atoms with van der Waals surface area (Å²) >= 11 is 0. The van der Waals surface area contributed by atoms with E-state index in [4.69, 9.17) is 0 Å². The molecule has 2 saturated heterocycles. The van der Waals surface area contributed by atoms with Crippen LogP contribution in [0.25, 0.3) is 0 Å². The maximum atomic E-state index is 2.63. The van der Waals surface area contributed by atoms with E-state index in [1.54, 1.807) is 0 Å². The van der Waals surface area contributed by atoms with Crippen molar-refractivity contribution >= 4 is 14.8 Å². The van der Waals surface area contributed by atoms with Crippen LogP contribution in [0.2, 0.25) is 37.2 Å². The first kappa shape index (κ1) is 14.4. The summed E-state index contributed by atoms with van der Waals surface area (Å²) in [5.74, 6) is 2.12. The Bertz CT molecular complexity index is 282. The summed E-state index contributed by atoms with van der Waals surface area (Å²) in [6.07, 6.45) is 15.3. The molecule has 2 rings (SSSR count). The smallest absolute Gasteiger partial charge is 0.0960 e. The van der Waals surface area contributed by atoms with Gasteiger partial charge in [-0.15, -0.1) is 0 Å². The molecule has 0 nitrogen and oxygen atoms in total. The van der Waals surface area contributed by atoms with Crippen molar-refractivity contribution in [1.29, 1.82) is 0 Å². The van der Waals surface area contributed by atoms with Crippen LogP contribution in [0, 0.1) is 5.92 Å². The number of fused-ring (bicyclic) bond motifs is 3. The zero-order valence-electron chi connectivity index (χ0n) is 12.9. The molecule has 0 spiro atoms. The van der Waals surface area contributed by atoms with Crippen LogP contribution in [-0.2, 0) is 0 Å². The Hall–Kier alpha value is 0.0218. The SMILES string of the molecule is C/C=C\CB1C2CCCC(CCC2)C1[Si](C)(C)C. The second kappa shape index (κ2) is 5.98. The van der Waals surface area contributed by atoms with Gasteiger partial charge in [0.05, 0.1) is 0 Å². The first-order chi connectivity index (χ1) is 8.54. The number of hydrogen-bond acceptors (Lipinski definition) is 0. The molecular weight excluding hydrogens is 231 g/mol. The molecule has 1 unspecified atom stereocenters. The van der Waals surface area contributed by atoms with Gasteiger partial charge in [0.1, 0.15) is 6.71 Å². The lowest BCUT2D eigenvalue weighted by molar-refractivity contribution is 0.411. The fraction of sp³-hybridized carbons (Fsp3) is 0.875. The summed E-state index contributed by atoms with van der Waals surface area (Å²) in [5, 5.41) is 0. The summed E-state index contributed by atoms with van der Waals surface area (Å²) in [7, 11) is -1.02. The molecule has 2 heteroatoms. The molecule has 2 aliphatic rings. The van der Waals surface area contributed by atoms with E-state index in [2.05, 4.69) is 38.7 Å². The summed E-state index contributed by atoms with van der Waals surface area (Å²) in [4.78, 5) is 0. The molecule has 2 heterocycles. The van der Waals surface area contributed by atoms with Gasteiger partial charge in [-0.3, -0.25) is 0 Å². The minimum absolute atomic E-state index is 1.02. The van der Waals surface area contributed by atoms with Gasteiger partial charge in [-0.25, -0.2) is 0 Å². The average molecular weight is 262 g/mol. The van der Waals surface area contributed by atoms with E-state index in [0.717, 1.165) is 23.9 Å². The molecule has 18 heavy (non-hydrogen) atoms. The lowest BCUT2D eigenvalue weighted by Crippen LogP contribution is -2.43. The van der Waals surface area contributed by atoms with Gasteiger partial charge >= 0.3 is 0 Å². The Labute approximate surface area is 116 Å². The third kappa shape index (κ3) is 3.12. The molecule has 102 valence electrons. The highest BCUT2D eigenvalue weighted by molar-refractivity contribution is 6.90. The van der Waals surface area contributed by atoms with Crippen molar-refractivity contribution in [2.24, 2.45) is 5.92 Å². The third-order valence-corrected chi connectivity index (χ3v) is 8.42.